The quantitative estimate of drug-likeness (QED) is 0.0836. The average Bonchev–Trinajstić information content (AvgIpc) is 3.67. The van der Waals surface area contributed by atoms with E-state index in [4.69, 9.17) is 57.4 Å². The number of hydrogen-bond donors (Lipinski definition) is 5. The highest BCUT2D eigenvalue weighted by Crippen LogP contribution is 2.51. The highest BCUT2D eigenvalue weighted by atomic mass is 35.5. The van der Waals surface area contributed by atoms with Gasteiger partial charge in [-0.1, -0.05) is 75.2 Å². The van der Waals surface area contributed by atoms with Gasteiger partial charge in [0.25, 0.3) is 11.8 Å². The van der Waals surface area contributed by atoms with Crippen LogP contribution in [0.4, 0.5) is 4.79 Å². The van der Waals surface area contributed by atoms with Crippen molar-refractivity contribution in [2.45, 2.75) is 135 Å². The first-order chi connectivity index (χ1) is 28.7. The molecule has 1 aromatic heterocycles. The normalized spacial score (nSPS) is 39.3. The molecule has 2 aliphatic carbocycles. The van der Waals surface area contributed by atoms with Gasteiger partial charge in [-0.15, -0.1) is 0 Å². The van der Waals surface area contributed by atoms with E-state index in [1.807, 2.05) is 32.9 Å². The summed E-state index contributed by atoms with van der Waals surface area (Å²) in [7, 11) is 2.80. The molecule has 3 saturated heterocycles. The van der Waals surface area contributed by atoms with Crippen LogP contribution in [-0.4, -0.2) is 125 Å². The molecule has 0 aromatic carbocycles. The molecule has 18 heteroatoms. The summed E-state index contributed by atoms with van der Waals surface area (Å²) < 4.78 is 36.2. The van der Waals surface area contributed by atoms with E-state index in [0.29, 0.717) is 12.8 Å². The topological polar surface area (TPSA) is 221 Å². The number of hydrogen-bond acceptors (Lipinski definition) is 12. The first-order valence-electron chi connectivity index (χ1n) is 20.9. The monoisotopic (exact) mass is 894 g/mol. The average molecular weight is 896 g/mol. The molecule has 5 aliphatic rings. The number of Topliss-reactive ketones (excluding diaryl/α,β-unsaturated/α-hetero) is 1. The molecule has 6 N–H and O–H groups in total. The van der Waals surface area contributed by atoms with E-state index in [1.165, 1.54) is 25.3 Å². The molecule has 0 radical (unpaired) electrons. The standard InChI is InChI=1S/C43H60Cl2N4O12/c1-17(2)33-35(51)30(40(53)49(33)41-38(57-10)37(56-9)36(22(7)59-41)61-42(46)54)34(50)29-19(4)11-13-24-26(14-12-18(3)28(24)29)60-27-15-43(55,20(5)21(6)58-27)23(8)48-39(52)32-31(45)25(44)16-47-32/h11,13,16-17,19-24,26-29,33,36-38,41,47,50,55H,3,12,14-15H2,1-2,4-10H3,(H2,46,54)(H,48,52)/b34-30+/t19-,20-,21+,22+,23-,24+,26-,27+,28+,29?,33+,36+,37+,38+,41+,43-/m1/s1. The number of ketones is 1. The Labute approximate surface area is 366 Å². The number of ether oxygens (including phenoxy) is 6. The van der Waals surface area contributed by atoms with Crippen LogP contribution in [-0.2, 0) is 38.0 Å². The molecule has 61 heavy (non-hydrogen) atoms. The molecule has 338 valence electrons. The molecule has 1 aromatic rings. The van der Waals surface area contributed by atoms with E-state index < -0.39 is 114 Å². The Kier molecular flexibility index (Phi) is 14.1. The number of halogens is 2. The van der Waals surface area contributed by atoms with E-state index in [9.17, 15) is 29.4 Å². The Bertz CT molecular complexity index is 1940. The van der Waals surface area contributed by atoms with Crippen LogP contribution in [0, 0.1) is 35.5 Å². The number of carbonyl (C=O) groups is 4. The predicted octanol–water partition coefficient (Wildman–Crippen LogP) is 5.22. The summed E-state index contributed by atoms with van der Waals surface area (Å²) in [5, 5.41) is 27.7. The largest absolute Gasteiger partial charge is 0.511 e. The van der Waals surface area contributed by atoms with E-state index >= 15 is 0 Å². The number of primary amides is 1. The third-order valence-corrected chi connectivity index (χ3v) is 14.5. The first-order valence-corrected chi connectivity index (χ1v) is 21.6. The fourth-order valence-corrected chi connectivity index (χ4v) is 10.6. The van der Waals surface area contributed by atoms with Crippen LogP contribution in [0.2, 0.25) is 10.0 Å². The van der Waals surface area contributed by atoms with Crippen molar-refractivity contribution in [3.05, 3.63) is 57.6 Å². The van der Waals surface area contributed by atoms with Crippen LogP contribution in [0.1, 0.15) is 78.2 Å². The van der Waals surface area contributed by atoms with E-state index in [1.54, 1.807) is 27.7 Å². The van der Waals surface area contributed by atoms with Gasteiger partial charge in [-0.25, -0.2) is 4.79 Å². The zero-order valence-corrected chi connectivity index (χ0v) is 37.6. The number of nitrogens with zero attached hydrogens (tertiary/aromatic N) is 1. The van der Waals surface area contributed by atoms with Crippen LogP contribution < -0.4 is 11.1 Å². The molecule has 1 unspecified atom stereocenters. The summed E-state index contributed by atoms with van der Waals surface area (Å²) >= 11 is 12.3. The van der Waals surface area contributed by atoms with Crippen molar-refractivity contribution in [2.75, 3.05) is 14.2 Å². The van der Waals surface area contributed by atoms with Gasteiger partial charge in [0.15, 0.2) is 24.4 Å². The fraction of sp³-hybridized carbons (Fsp3) is 0.674. The van der Waals surface area contributed by atoms with Crippen molar-refractivity contribution in [2.24, 2.45) is 41.2 Å². The zero-order chi connectivity index (χ0) is 45.0. The molecule has 6 rings (SSSR count). The number of aromatic nitrogens is 1. The highest BCUT2D eigenvalue weighted by molar-refractivity contribution is 6.43. The molecule has 16 nitrogen and oxygen atoms in total. The lowest BCUT2D eigenvalue weighted by molar-refractivity contribution is -0.281. The summed E-state index contributed by atoms with van der Waals surface area (Å²) in [5.41, 5.74) is 4.48. The lowest BCUT2D eigenvalue weighted by atomic mass is 9.61. The predicted molar refractivity (Wildman–Crippen MR) is 223 cm³/mol. The third-order valence-electron chi connectivity index (χ3n) is 13.7. The van der Waals surface area contributed by atoms with Gasteiger partial charge in [-0.3, -0.25) is 19.3 Å². The maximum absolute atomic E-state index is 14.7. The van der Waals surface area contributed by atoms with E-state index in [-0.39, 0.29) is 45.3 Å². The Morgan fingerprint density at radius 2 is 1.72 bits per heavy atom. The van der Waals surface area contributed by atoms with Crippen LogP contribution >= 0.6 is 23.2 Å². The van der Waals surface area contributed by atoms with Crippen molar-refractivity contribution in [1.29, 1.82) is 0 Å². The summed E-state index contributed by atoms with van der Waals surface area (Å²) in [6, 6.07) is -1.78. The SMILES string of the molecule is C=C1CC[C@@H](O[C@H]2C[C@](O)([C@@H](C)NC(=O)c3[nH]cc(Cl)c3Cl)[C@H](C)[C@H](C)O2)[C@@H]2C=C[C@@H](C)C(/C(O)=C3/C(=O)[C@H](C(C)C)N([C@H]4O[C@@H](C)[C@H](OC(N)=O)[C@H](OC)[C@@H]4OC)C3=O)[C@@H]12. The molecular weight excluding hydrogens is 835 g/mol. The summed E-state index contributed by atoms with van der Waals surface area (Å²) in [6.45, 7) is 17.0. The minimum Gasteiger partial charge on any atom is -0.511 e. The van der Waals surface area contributed by atoms with Gasteiger partial charge in [-0.05, 0) is 51.4 Å². The number of aromatic amines is 1. The van der Waals surface area contributed by atoms with Gasteiger partial charge in [0.05, 0.1) is 40.0 Å². The molecule has 16 atom stereocenters. The van der Waals surface area contributed by atoms with Crippen molar-refractivity contribution in [3.63, 3.8) is 0 Å². The van der Waals surface area contributed by atoms with Crippen LogP contribution in [0.3, 0.4) is 0 Å². The molecule has 4 heterocycles. The molecule has 0 bridgehead atoms. The number of likely N-dealkylation sites (tertiary alicyclic amines) is 1. The summed E-state index contributed by atoms with van der Waals surface area (Å²) in [4.78, 5) is 58.3. The summed E-state index contributed by atoms with van der Waals surface area (Å²) in [6.07, 6.45) is -1.21. The van der Waals surface area contributed by atoms with E-state index in [0.717, 1.165) is 5.57 Å². The van der Waals surface area contributed by atoms with Gasteiger partial charge < -0.3 is 54.7 Å². The Hall–Kier alpha value is -3.48. The minimum atomic E-state index is -1.45. The van der Waals surface area contributed by atoms with E-state index in [2.05, 4.69) is 16.9 Å². The number of aliphatic hydroxyl groups excluding tert-OH is 1. The van der Waals surface area contributed by atoms with Crippen molar-refractivity contribution >= 4 is 46.9 Å². The minimum absolute atomic E-state index is 0.0337. The van der Waals surface area contributed by atoms with Crippen molar-refractivity contribution in [1.82, 2.24) is 15.2 Å². The van der Waals surface area contributed by atoms with Gasteiger partial charge in [0, 0.05) is 44.6 Å². The second-order valence-corrected chi connectivity index (χ2v) is 18.4. The maximum atomic E-state index is 14.7. The molecule has 0 spiro atoms. The number of nitrogens with two attached hydrogens (primary N) is 1. The van der Waals surface area contributed by atoms with Gasteiger partial charge in [-0.2, -0.15) is 0 Å². The van der Waals surface area contributed by atoms with Crippen molar-refractivity contribution in [3.8, 4) is 0 Å². The smallest absolute Gasteiger partial charge is 0.404 e. The second-order valence-electron chi connectivity index (χ2n) is 17.6. The van der Waals surface area contributed by atoms with Crippen LogP contribution in [0.15, 0.2) is 41.8 Å². The number of H-pyrrole nitrogens is 1. The van der Waals surface area contributed by atoms with Gasteiger partial charge in [0.2, 0.25) is 0 Å². The first kappa shape index (κ1) is 47.0. The Balaban J connectivity index is 1.27. The second kappa shape index (κ2) is 18.3. The highest BCUT2D eigenvalue weighted by Gasteiger charge is 2.58. The fourth-order valence-electron chi connectivity index (χ4n) is 10.3. The number of allylic oxidation sites excluding steroid dienone is 3. The molecule has 3 aliphatic heterocycles. The molecule has 1 saturated carbocycles. The molecule has 3 amide bonds. The number of fused-ring (bicyclic) bond motifs is 1. The molecule has 4 fully saturated rings. The lowest BCUT2D eigenvalue weighted by Crippen LogP contribution is -2.65. The summed E-state index contributed by atoms with van der Waals surface area (Å²) in [5.74, 6) is -4.78. The van der Waals surface area contributed by atoms with Crippen LogP contribution in [0.5, 0.6) is 0 Å². The number of carbonyl (C=O) groups excluding carboxylic acids is 4. The maximum Gasteiger partial charge on any atom is 0.404 e. The number of aliphatic hydroxyl groups is 2. The number of rotatable bonds is 11. The van der Waals surface area contributed by atoms with Gasteiger partial charge in [0.1, 0.15) is 35.3 Å². The molecular formula is C43H60Cl2N4O12. The number of amides is 3. The van der Waals surface area contributed by atoms with Gasteiger partial charge >= 0.3 is 6.09 Å². The number of nitrogens with one attached hydrogen (secondary N) is 2. The number of methoxy groups -OCH3 is 2. The zero-order valence-electron chi connectivity index (χ0n) is 36.1. The van der Waals surface area contributed by atoms with Crippen molar-refractivity contribution < 1.29 is 57.8 Å². The third kappa shape index (κ3) is 8.51. The Morgan fingerprint density at radius 3 is 2.31 bits per heavy atom. The lowest BCUT2D eigenvalue weighted by Gasteiger charge is -2.50. The Morgan fingerprint density at radius 1 is 1.05 bits per heavy atom. The van der Waals surface area contributed by atoms with Crippen LogP contribution in [0.25, 0.3) is 0 Å².